The molecule has 0 aromatic heterocycles. The first-order chi connectivity index (χ1) is 11.3. The molecule has 0 saturated carbocycles. The van der Waals surface area contributed by atoms with Gasteiger partial charge in [0, 0.05) is 0 Å². The minimum absolute atomic E-state index is 0.125. The van der Waals surface area contributed by atoms with Crippen molar-refractivity contribution in [2.45, 2.75) is 85.3 Å². The summed E-state index contributed by atoms with van der Waals surface area (Å²) >= 11 is -2.10. The summed E-state index contributed by atoms with van der Waals surface area (Å²) in [4.78, 5) is 0. The van der Waals surface area contributed by atoms with Crippen LogP contribution < -0.4 is 0 Å². The second-order valence-corrected chi connectivity index (χ2v) is 19.9. The molecule has 134 valence electrons. The van der Waals surface area contributed by atoms with Crippen LogP contribution in [0.15, 0.2) is 22.3 Å². The van der Waals surface area contributed by atoms with Crippen LogP contribution in [0.25, 0.3) is 0 Å². The summed E-state index contributed by atoms with van der Waals surface area (Å²) in [7, 11) is 0. The summed E-state index contributed by atoms with van der Waals surface area (Å²) < 4.78 is 18.4. The zero-order valence-electron chi connectivity index (χ0n) is 15.7. The molecule has 0 N–H and O–H groups in total. The van der Waals surface area contributed by atoms with Gasteiger partial charge in [-0.3, -0.25) is 0 Å². The van der Waals surface area contributed by atoms with Gasteiger partial charge in [-0.05, 0) is 0 Å². The van der Waals surface area contributed by atoms with Gasteiger partial charge >= 0.3 is 149 Å². The zero-order valence-corrected chi connectivity index (χ0v) is 18.5. The van der Waals surface area contributed by atoms with Crippen molar-refractivity contribution in [2.75, 3.05) is 13.2 Å². The quantitative estimate of drug-likeness (QED) is 0.270. The van der Waals surface area contributed by atoms with E-state index in [1.807, 2.05) is 0 Å². The van der Waals surface area contributed by atoms with Gasteiger partial charge in [-0.15, -0.1) is 0 Å². The minimum atomic E-state index is -2.10. The van der Waals surface area contributed by atoms with E-state index in [2.05, 4.69) is 43.1 Å². The van der Waals surface area contributed by atoms with E-state index in [-0.39, 0.29) is 6.29 Å². The van der Waals surface area contributed by atoms with Gasteiger partial charge in [0.05, 0.1) is 0 Å². The summed E-state index contributed by atoms with van der Waals surface area (Å²) in [6.45, 7) is 8.64. The van der Waals surface area contributed by atoms with Crippen molar-refractivity contribution in [1.29, 1.82) is 0 Å². The molecule has 0 radical (unpaired) electrons. The Morgan fingerprint density at radius 1 is 0.826 bits per heavy atom. The van der Waals surface area contributed by atoms with Gasteiger partial charge in [0.1, 0.15) is 0 Å². The summed E-state index contributed by atoms with van der Waals surface area (Å²) in [5, 5.41) is 0. The van der Waals surface area contributed by atoms with Crippen molar-refractivity contribution in [1.82, 2.24) is 0 Å². The maximum atomic E-state index is 5.58. The van der Waals surface area contributed by atoms with Crippen molar-refractivity contribution in [3.05, 3.63) is 22.3 Å². The first-order valence-electron chi connectivity index (χ1n) is 9.85. The Hall–Kier alpha value is 0.199. The number of hydrogen-bond acceptors (Lipinski definition) is 2. The predicted molar refractivity (Wildman–Crippen MR) is 103 cm³/mol. The molecule has 3 heteroatoms. The van der Waals surface area contributed by atoms with Gasteiger partial charge in [0.2, 0.25) is 0 Å². The number of allylic oxidation sites excluding steroid dienone is 2. The number of rotatable bonds is 12. The Morgan fingerprint density at radius 3 is 1.83 bits per heavy atom. The number of ether oxygens (including phenoxy) is 2. The second-order valence-electron chi connectivity index (χ2n) is 6.88. The fourth-order valence-corrected chi connectivity index (χ4v) is 17.3. The van der Waals surface area contributed by atoms with E-state index in [4.69, 9.17) is 9.47 Å². The molecule has 0 aromatic rings. The van der Waals surface area contributed by atoms with Gasteiger partial charge < -0.3 is 0 Å². The monoisotopic (exact) mass is 430 g/mol. The van der Waals surface area contributed by atoms with Crippen molar-refractivity contribution < 1.29 is 9.47 Å². The van der Waals surface area contributed by atoms with Crippen LogP contribution in [0.1, 0.15) is 65.7 Å². The van der Waals surface area contributed by atoms with E-state index < -0.39 is 18.4 Å². The van der Waals surface area contributed by atoms with Crippen molar-refractivity contribution >= 4 is 18.4 Å². The molecule has 2 nitrogen and oxygen atoms in total. The van der Waals surface area contributed by atoms with Crippen LogP contribution >= 0.6 is 0 Å². The summed E-state index contributed by atoms with van der Waals surface area (Å²) in [5.74, 6) is 0. The Kier molecular flexibility index (Phi) is 12.5. The third kappa shape index (κ3) is 9.30. The Balaban J connectivity index is 2.65. The average Bonchev–Trinajstić information content (AvgIpc) is 2.60. The van der Waals surface area contributed by atoms with Gasteiger partial charge in [0.15, 0.2) is 0 Å². The Labute approximate surface area is 148 Å². The Morgan fingerprint density at radius 2 is 1.35 bits per heavy atom. The van der Waals surface area contributed by atoms with Crippen molar-refractivity contribution in [3.63, 3.8) is 0 Å². The fourth-order valence-electron chi connectivity index (χ4n) is 3.24. The third-order valence-electron chi connectivity index (χ3n) is 4.77. The van der Waals surface area contributed by atoms with E-state index in [0.717, 1.165) is 19.6 Å². The van der Waals surface area contributed by atoms with Gasteiger partial charge in [-0.1, -0.05) is 0 Å². The molecule has 1 rings (SSSR count). The summed E-state index contributed by atoms with van der Waals surface area (Å²) in [6, 6.07) is 0. The van der Waals surface area contributed by atoms with Gasteiger partial charge in [-0.25, -0.2) is 0 Å². The standard InChI is InChI=1S/C8H11O2.3C4H9.Sn/c1-2-3-5-8-9-6-4-7-10-8;3*1-3-4-2;/h1-3,5,8H,4,6-7H2;3*1,3-4H2,2H3;/b2-1?,5-3+;;;;. The van der Waals surface area contributed by atoms with Crippen molar-refractivity contribution in [3.8, 4) is 0 Å². The fraction of sp³-hybridized carbons (Fsp3) is 0.800. The molecule has 0 aromatic carbocycles. The van der Waals surface area contributed by atoms with E-state index in [9.17, 15) is 0 Å². The zero-order chi connectivity index (χ0) is 16.8. The second kappa shape index (κ2) is 13.5. The molecule has 0 amide bonds. The molecule has 1 fully saturated rings. The first kappa shape index (κ1) is 21.2. The van der Waals surface area contributed by atoms with Crippen LogP contribution in [0.3, 0.4) is 0 Å². The number of unbranched alkanes of at least 4 members (excludes halogenated alkanes) is 3. The molecule has 0 bridgehead atoms. The maximum absolute atomic E-state index is 5.58. The van der Waals surface area contributed by atoms with Crippen LogP contribution in [0.4, 0.5) is 0 Å². The van der Waals surface area contributed by atoms with E-state index in [0.29, 0.717) is 0 Å². The van der Waals surface area contributed by atoms with E-state index in [1.54, 1.807) is 0 Å². The molecule has 1 aliphatic rings. The first-order valence-corrected chi connectivity index (χ1v) is 17.6. The molecule has 1 aliphatic heterocycles. The van der Waals surface area contributed by atoms with E-state index in [1.165, 1.54) is 51.8 Å². The van der Waals surface area contributed by atoms with Crippen LogP contribution in [-0.4, -0.2) is 37.9 Å². The average molecular weight is 429 g/mol. The summed E-state index contributed by atoms with van der Waals surface area (Å²) in [5.41, 5.74) is 0. The molecule has 0 unspecified atom stereocenters. The molecule has 0 atom stereocenters. The molecular weight excluding hydrogens is 391 g/mol. The normalized spacial score (nSPS) is 17.5. The topological polar surface area (TPSA) is 18.5 Å². The Bertz CT molecular complexity index is 311. The predicted octanol–water partition coefficient (Wildman–Crippen LogP) is 6.25. The van der Waals surface area contributed by atoms with Crippen LogP contribution in [-0.2, 0) is 9.47 Å². The van der Waals surface area contributed by atoms with Crippen LogP contribution in [0.5, 0.6) is 0 Å². The van der Waals surface area contributed by atoms with E-state index >= 15 is 0 Å². The van der Waals surface area contributed by atoms with Gasteiger partial charge in [0.25, 0.3) is 0 Å². The SMILES string of the molecule is CCC[CH2][Sn](/[CH]=C/C=C/C1OCCCO1)([CH2]CCC)[CH2]CCC. The summed E-state index contributed by atoms with van der Waals surface area (Å²) in [6.07, 6.45) is 15.8. The molecule has 1 saturated heterocycles. The molecule has 23 heavy (non-hydrogen) atoms. The molecule has 0 spiro atoms. The van der Waals surface area contributed by atoms with Crippen LogP contribution in [0.2, 0.25) is 13.3 Å². The molecular formula is C20H38O2Sn. The molecule has 1 heterocycles. The van der Waals surface area contributed by atoms with Crippen LogP contribution in [0, 0.1) is 0 Å². The number of hydrogen-bond donors (Lipinski definition) is 0. The van der Waals surface area contributed by atoms with Gasteiger partial charge in [-0.2, -0.15) is 0 Å². The molecule has 0 aliphatic carbocycles. The third-order valence-corrected chi connectivity index (χ3v) is 18.9. The van der Waals surface area contributed by atoms with Crippen molar-refractivity contribution in [2.24, 2.45) is 0 Å².